The highest BCUT2D eigenvalue weighted by atomic mass is 16.5. The smallest absolute Gasteiger partial charge is 0.229 e. The molecule has 3 aromatic rings. The van der Waals surface area contributed by atoms with Crippen LogP contribution in [-0.4, -0.2) is 29.6 Å². The molecule has 0 aliphatic carbocycles. The summed E-state index contributed by atoms with van der Waals surface area (Å²) in [7, 11) is 1.66. The molecule has 5 heteroatoms. The van der Waals surface area contributed by atoms with Crippen molar-refractivity contribution in [3.05, 3.63) is 59.8 Å². The van der Waals surface area contributed by atoms with Gasteiger partial charge in [0.2, 0.25) is 5.91 Å². The third kappa shape index (κ3) is 2.97. The highest BCUT2D eigenvalue weighted by molar-refractivity contribution is 5.86. The Labute approximate surface area is 146 Å². The van der Waals surface area contributed by atoms with Crippen molar-refractivity contribution in [2.45, 2.75) is 25.3 Å². The molecule has 5 nitrogen and oxygen atoms in total. The SMILES string of the molecule is COc1ccc(C2CCCN2C(=O)Cc2noc3ccccc23)cc1. The van der Waals surface area contributed by atoms with Crippen molar-refractivity contribution in [2.75, 3.05) is 13.7 Å². The molecule has 4 rings (SSSR count). The molecule has 25 heavy (non-hydrogen) atoms. The fourth-order valence-corrected chi connectivity index (χ4v) is 3.55. The van der Waals surface area contributed by atoms with Gasteiger partial charge in [-0.05, 0) is 42.7 Å². The van der Waals surface area contributed by atoms with Crippen molar-refractivity contribution < 1.29 is 14.1 Å². The summed E-state index contributed by atoms with van der Waals surface area (Å²) in [5.41, 5.74) is 2.58. The highest BCUT2D eigenvalue weighted by Gasteiger charge is 2.30. The van der Waals surface area contributed by atoms with Crippen molar-refractivity contribution in [3.8, 4) is 5.75 Å². The molecule has 0 radical (unpaired) electrons. The lowest BCUT2D eigenvalue weighted by molar-refractivity contribution is -0.131. The molecule has 0 N–H and O–H groups in total. The third-order valence-electron chi connectivity index (χ3n) is 4.84. The number of fused-ring (bicyclic) bond motifs is 1. The Kier molecular flexibility index (Phi) is 4.14. The maximum atomic E-state index is 12.9. The second-order valence-electron chi connectivity index (χ2n) is 6.32. The number of hydrogen-bond donors (Lipinski definition) is 0. The molecule has 1 aliphatic heterocycles. The lowest BCUT2D eigenvalue weighted by Crippen LogP contribution is -2.31. The average Bonchev–Trinajstić information content (AvgIpc) is 3.29. The summed E-state index contributed by atoms with van der Waals surface area (Å²) >= 11 is 0. The third-order valence-corrected chi connectivity index (χ3v) is 4.84. The van der Waals surface area contributed by atoms with Crippen LogP contribution in [0.5, 0.6) is 5.75 Å². The summed E-state index contributed by atoms with van der Waals surface area (Å²) in [6.45, 7) is 0.783. The van der Waals surface area contributed by atoms with Gasteiger partial charge in [-0.25, -0.2) is 0 Å². The molecule has 0 spiro atoms. The first-order valence-corrected chi connectivity index (χ1v) is 8.53. The van der Waals surface area contributed by atoms with Gasteiger partial charge in [-0.3, -0.25) is 4.79 Å². The number of likely N-dealkylation sites (tertiary alicyclic amines) is 1. The lowest BCUT2D eigenvalue weighted by Gasteiger charge is -2.25. The Morgan fingerprint density at radius 3 is 2.84 bits per heavy atom. The number of benzene rings is 2. The standard InChI is InChI=1S/C20H20N2O3/c1-24-15-10-8-14(9-11-15)18-6-4-12-22(18)20(23)13-17-16-5-2-3-7-19(16)25-21-17/h2-3,5,7-11,18H,4,6,12-13H2,1H3. The fraction of sp³-hybridized carbons (Fsp3) is 0.300. The predicted molar refractivity (Wildman–Crippen MR) is 94.4 cm³/mol. The molecule has 1 aliphatic rings. The quantitative estimate of drug-likeness (QED) is 0.728. The van der Waals surface area contributed by atoms with Gasteiger partial charge in [0.05, 0.1) is 19.6 Å². The van der Waals surface area contributed by atoms with Gasteiger partial charge < -0.3 is 14.2 Å². The molecule has 128 valence electrons. The van der Waals surface area contributed by atoms with Crippen LogP contribution in [0.2, 0.25) is 0 Å². The van der Waals surface area contributed by atoms with Crippen LogP contribution in [0.4, 0.5) is 0 Å². The van der Waals surface area contributed by atoms with Gasteiger partial charge in [0.1, 0.15) is 11.4 Å². The number of nitrogens with zero attached hydrogens (tertiary/aromatic N) is 2. The van der Waals surface area contributed by atoms with E-state index in [1.807, 2.05) is 53.4 Å². The molecule has 1 amide bonds. The van der Waals surface area contributed by atoms with Gasteiger partial charge in [-0.1, -0.05) is 29.4 Å². The van der Waals surface area contributed by atoms with Gasteiger partial charge >= 0.3 is 0 Å². The van der Waals surface area contributed by atoms with Gasteiger partial charge in [0, 0.05) is 11.9 Å². The summed E-state index contributed by atoms with van der Waals surface area (Å²) in [5.74, 6) is 0.922. The number of ether oxygens (including phenoxy) is 1. The Balaban J connectivity index is 1.54. The zero-order valence-corrected chi connectivity index (χ0v) is 14.1. The zero-order chi connectivity index (χ0) is 17.2. The minimum Gasteiger partial charge on any atom is -0.497 e. The van der Waals surface area contributed by atoms with E-state index in [0.29, 0.717) is 5.69 Å². The van der Waals surface area contributed by atoms with Crippen LogP contribution in [0.1, 0.15) is 30.1 Å². The molecule has 2 heterocycles. The number of carbonyl (C=O) groups is 1. The van der Waals surface area contributed by atoms with Crippen molar-refractivity contribution in [1.29, 1.82) is 0 Å². The first kappa shape index (κ1) is 15.7. The van der Waals surface area contributed by atoms with Crippen molar-refractivity contribution in [2.24, 2.45) is 0 Å². The van der Waals surface area contributed by atoms with E-state index in [4.69, 9.17) is 9.26 Å². The molecular formula is C20H20N2O3. The molecule has 0 saturated carbocycles. The van der Waals surface area contributed by atoms with Crippen molar-refractivity contribution in [3.63, 3.8) is 0 Å². The van der Waals surface area contributed by atoms with Crippen LogP contribution >= 0.6 is 0 Å². The van der Waals surface area contributed by atoms with Crippen molar-refractivity contribution in [1.82, 2.24) is 10.1 Å². The minimum atomic E-state index is 0.0948. The van der Waals surface area contributed by atoms with Gasteiger partial charge in [0.15, 0.2) is 5.58 Å². The van der Waals surface area contributed by atoms with E-state index in [2.05, 4.69) is 5.16 Å². The van der Waals surface area contributed by atoms with Crippen LogP contribution in [-0.2, 0) is 11.2 Å². The van der Waals surface area contributed by atoms with Gasteiger partial charge in [0.25, 0.3) is 0 Å². The van der Waals surface area contributed by atoms with Gasteiger partial charge in [-0.15, -0.1) is 0 Å². The normalized spacial score (nSPS) is 17.2. The van der Waals surface area contributed by atoms with Crippen LogP contribution in [0, 0.1) is 0 Å². The predicted octanol–water partition coefficient (Wildman–Crippen LogP) is 3.74. The minimum absolute atomic E-state index is 0.0948. The van der Waals surface area contributed by atoms with E-state index < -0.39 is 0 Å². The fourth-order valence-electron chi connectivity index (χ4n) is 3.55. The molecule has 2 aromatic carbocycles. The van der Waals surface area contributed by atoms with Crippen LogP contribution < -0.4 is 4.74 Å². The molecule has 1 saturated heterocycles. The first-order valence-electron chi connectivity index (χ1n) is 8.53. The second kappa shape index (κ2) is 6.59. The summed E-state index contributed by atoms with van der Waals surface area (Å²) in [6, 6.07) is 15.7. The van der Waals surface area contributed by atoms with Crippen LogP contribution in [0.15, 0.2) is 53.1 Å². The van der Waals surface area contributed by atoms with E-state index in [1.54, 1.807) is 7.11 Å². The molecule has 1 fully saturated rings. The molecule has 1 unspecified atom stereocenters. The van der Waals surface area contributed by atoms with E-state index in [9.17, 15) is 4.79 Å². The van der Waals surface area contributed by atoms with E-state index in [-0.39, 0.29) is 18.4 Å². The molecule has 1 aromatic heterocycles. The maximum absolute atomic E-state index is 12.9. The Hall–Kier alpha value is -2.82. The topological polar surface area (TPSA) is 55.6 Å². The zero-order valence-electron chi connectivity index (χ0n) is 14.1. The summed E-state index contributed by atoms with van der Waals surface area (Å²) in [5, 5.41) is 5.00. The summed E-state index contributed by atoms with van der Waals surface area (Å²) in [6.07, 6.45) is 2.27. The largest absolute Gasteiger partial charge is 0.497 e. The van der Waals surface area contributed by atoms with E-state index in [0.717, 1.165) is 41.7 Å². The Morgan fingerprint density at radius 1 is 1.24 bits per heavy atom. The summed E-state index contributed by atoms with van der Waals surface area (Å²) in [4.78, 5) is 14.8. The van der Waals surface area contributed by atoms with Crippen molar-refractivity contribution >= 4 is 16.9 Å². The molecule has 1 atom stereocenters. The lowest BCUT2D eigenvalue weighted by atomic mass is 10.0. The molecular weight excluding hydrogens is 316 g/mol. The number of aromatic nitrogens is 1. The Morgan fingerprint density at radius 2 is 2.04 bits per heavy atom. The van der Waals surface area contributed by atoms with Crippen LogP contribution in [0.3, 0.4) is 0 Å². The van der Waals surface area contributed by atoms with Crippen LogP contribution in [0.25, 0.3) is 11.0 Å². The number of para-hydroxylation sites is 1. The first-order chi connectivity index (χ1) is 12.3. The molecule has 0 bridgehead atoms. The number of hydrogen-bond acceptors (Lipinski definition) is 4. The summed E-state index contributed by atoms with van der Waals surface area (Å²) < 4.78 is 10.5. The number of methoxy groups -OCH3 is 1. The van der Waals surface area contributed by atoms with E-state index in [1.165, 1.54) is 0 Å². The maximum Gasteiger partial charge on any atom is 0.229 e. The monoisotopic (exact) mass is 336 g/mol. The number of rotatable bonds is 4. The highest BCUT2D eigenvalue weighted by Crippen LogP contribution is 2.33. The second-order valence-corrected chi connectivity index (χ2v) is 6.32. The van der Waals surface area contributed by atoms with Gasteiger partial charge in [-0.2, -0.15) is 0 Å². The average molecular weight is 336 g/mol. The Bertz CT molecular complexity index is 885. The number of amides is 1. The van der Waals surface area contributed by atoms with E-state index >= 15 is 0 Å². The number of carbonyl (C=O) groups excluding carboxylic acids is 1.